The van der Waals surface area contributed by atoms with Crippen molar-refractivity contribution in [3.63, 3.8) is 0 Å². The molecule has 3 rings (SSSR count). The SMILES string of the molecule is CC[C@H](C(=O)NC1CCCC1)n1nnc(-c2ccc(Cl)cc2)n1. The van der Waals surface area contributed by atoms with E-state index in [1.807, 2.05) is 19.1 Å². The Morgan fingerprint density at radius 2 is 2.04 bits per heavy atom. The van der Waals surface area contributed by atoms with Crippen molar-refractivity contribution in [2.75, 3.05) is 0 Å². The van der Waals surface area contributed by atoms with Crippen molar-refractivity contribution in [1.29, 1.82) is 0 Å². The second-order valence-electron chi connectivity index (χ2n) is 5.85. The van der Waals surface area contributed by atoms with Gasteiger partial charge in [0.2, 0.25) is 11.7 Å². The largest absolute Gasteiger partial charge is 0.351 e. The van der Waals surface area contributed by atoms with Gasteiger partial charge in [-0.3, -0.25) is 4.79 Å². The molecule has 0 saturated heterocycles. The number of nitrogens with one attached hydrogen (secondary N) is 1. The number of benzene rings is 1. The molecule has 1 atom stereocenters. The van der Waals surface area contributed by atoms with Gasteiger partial charge in [0.05, 0.1) is 0 Å². The third-order valence-corrected chi connectivity index (χ3v) is 4.45. The van der Waals surface area contributed by atoms with Crippen molar-refractivity contribution in [1.82, 2.24) is 25.5 Å². The fourth-order valence-corrected chi connectivity index (χ4v) is 3.02. The van der Waals surface area contributed by atoms with Crippen LogP contribution in [0.4, 0.5) is 0 Å². The smallest absolute Gasteiger partial charge is 0.247 e. The maximum absolute atomic E-state index is 12.5. The van der Waals surface area contributed by atoms with E-state index in [1.165, 1.54) is 17.6 Å². The number of hydrogen-bond acceptors (Lipinski definition) is 4. The summed E-state index contributed by atoms with van der Waals surface area (Å²) in [5.74, 6) is 0.466. The van der Waals surface area contributed by atoms with Crippen LogP contribution in [-0.2, 0) is 4.79 Å². The second-order valence-corrected chi connectivity index (χ2v) is 6.29. The highest BCUT2D eigenvalue weighted by molar-refractivity contribution is 6.30. The fourth-order valence-electron chi connectivity index (χ4n) is 2.89. The molecule has 0 bridgehead atoms. The Morgan fingerprint density at radius 3 is 2.70 bits per heavy atom. The Balaban J connectivity index is 1.73. The van der Waals surface area contributed by atoms with E-state index in [9.17, 15) is 4.79 Å². The van der Waals surface area contributed by atoms with Crippen molar-refractivity contribution in [3.05, 3.63) is 29.3 Å². The molecule has 6 nitrogen and oxygen atoms in total. The van der Waals surface area contributed by atoms with Gasteiger partial charge in [0.25, 0.3) is 0 Å². The highest BCUT2D eigenvalue weighted by Crippen LogP contribution is 2.20. The Morgan fingerprint density at radius 1 is 1.35 bits per heavy atom. The molecule has 1 N–H and O–H groups in total. The molecule has 1 saturated carbocycles. The Bertz CT molecular complexity index is 663. The summed E-state index contributed by atoms with van der Waals surface area (Å²) in [6, 6.07) is 7.09. The fraction of sp³-hybridized carbons (Fsp3) is 0.500. The number of nitrogens with zero attached hydrogens (tertiary/aromatic N) is 4. The van der Waals surface area contributed by atoms with Gasteiger partial charge in [0.15, 0.2) is 6.04 Å². The van der Waals surface area contributed by atoms with Gasteiger partial charge in [-0.2, -0.15) is 4.80 Å². The molecular weight excluding hydrogens is 314 g/mol. The highest BCUT2D eigenvalue weighted by Gasteiger charge is 2.25. The first-order valence-electron chi connectivity index (χ1n) is 8.03. The molecule has 1 aliphatic carbocycles. The molecule has 23 heavy (non-hydrogen) atoms. The Hall–Kier alpha value is -1.95. The average molecular weight is 334 g/mol. The van der Waals surface area contributed by atoms with Gasteiger partial charge in [0, 0.05) is 16.6 Å². The molecule has 1 aromatic heterocycles. The molecule has 1 aromatic carbocycles. The zero-order chi connectivity index (χ0) is 16.2. The van der Waals surface area contributed by atoms with E-state index in [0.717, 1.165) is 18.4 Å². The van der Waals surface area contributed by atoms with Crippen molar-refractivity contribution >= 4 is 17.5 Å². The van der Waals surface area contributed by atoms with Gasteiger partial charge in [-0.15, -0.1) is 10.2 Å². The van der Waals surface area contributed by atoms with E-state index in [0.29, 0.717) is 17.3 Å². The molecule has 122 valence electrons. The van der Waals surface area contributed by atoms with Gasteiger partial charge in [-0.05, 0) is 48.7 Å². The lowest BCUT2D eigenvalue weighted by Gasteiger charge is -2.17. The molecule has 0 unspecified atom stereocenters. The van der Waals surface area contributed by atoms with Crippen LogP contribution in [0.15, 0.2) is 24.3 Å². The van der Waals surface area contributed by atoms with Crippen LogP contribution < -0.4 is 5.32 Å². The molecule has 1 heterocycles. The number of carbonyl (C=O) groups is 1. The molecule has 1 aliphatic rings. The minimum absolute atomic E-state index is 0.0283. The van der Waals surface area contributed by atoms with Crippen LogP contribution in [0.5, 0.6) is 0 Å². The normalized spacial score (nSPS) is 16.4. The lowest BCUT2D eigenvalue weighted by Crippen LogP contribution is -2.39. The second kappa shape index (κ2) is 7.08. The van der Waals surface area contributed by atoms with Crippen LogP contribution in [0, 0.1) is 0 Å². The standard InChI is InChI=1S/C16H20ClN5O/c1-2-14(16(23)18-13-5-3-4-6-13)22-20-15(19-21-22)11-7-9-12(17)10-8-11/h7-10,13-14H,2-6H2,1H3,(H,18,23)/t14-/m1/s1. The third kappa shape index (κ3) is 3.69. The van der Waals surface area contributed by atoms with E-state index in [1.54, 1.807) is 12.1 Å². The van der Waals surface area contributed by atoms with Gasteiger partial charge < -0.3 is 5.32 Å². The van der Waals surface area contributed by atoms with Crippen molar-refractivity contribution in [3.8, 4) is 11.4 Å². The molecule has 2 aromatic rings. The van der Waals surface area contributed by atoms with Gasteiger partial charge >= 0.3 is 0 Å². The average Bonchev–Trinajstić information content (AvgIpc) is 3.21. The zero-order valence-electron chi connectivity index (χ0n) is 13.1. The van der Waals surface area contributed by atoms with Crippen LogP contribution in [-0.4, -0.2) is 32.2 Å². The van der Waals surface area contributed by atoms with Crippen LogP contribution in [0.2, 0.25) is 5.02 Å². The van der Waals surface area contributed by atoms with Crippen LogP contribution in [0.3, 0.4) is 0 Å². The van der Waals surface area contributed by atoms with E-state index in [4.69, 9.17) is 11.6 Å². The first kappa shape index (κ1) is 15.9. The quantitative estimate of drug-likeness (QED) is 0.912. The number of tetrazole rings is 1. The minimum atomic E-state index is -0.427. The molecule has 7 heteroatoms. The summed E-state index contributed by atoms with van der Waals surface area (Å²) >= 11 is 5.89. The molecular formula is C16H20ClN5O. The summed E-state index contributed by atoms with van der Waals surface area (Å²) < 4.78 is 0. The summed E-state index contributed by atoms with van der Waals surface area (Å²) in [5, 5.41) is 16.2. The zero-order valence-corrected chi connectivity index (χ0v) is 13.8. The number of amides is 1. The molecule has 1 fully saturated rings. The van der Waals surface area contributed by atoms with Gasteiger partial charge in [-0.25, -0.2) is 0 Å². The summed E-state index contributed by atoms with van der Waals surface area (Å²) in [4.78, 5) is 13.9. The monoisotopic (exact) mass is 333 g/mol. The number of rotatable bonds is 5. The highest BCUT2D eigenvalue weighted by atomic mass is 35.5. The summed E-state index contributed by atoms with van der Waals surface area (Å²) in [6.07, 6.45) is 5.11. The number of carbonyl (C=O) groups excluding carboxylic acids is 1. The summed E-state index contributed by atoms with van der Waals surface area (Å²) in [5.41, 5.74) is 0.826. The Kier molecular flexibility index (Phi) is 4.91. The van der Waals surface area contributed by atoms with Crippen LogP contribution >= 0.6 is 11.6 Å². The molecule has 1 amide bonds. The Labute approximate surface area is 140 Å². The van der Waals surface area contributed by atoms with Crippen LogP contribution in [0.25, 0.3) is 11.4 Å². The summed E-state index contributed by atoms with van der Waals surface area (Å²) in [6.45, 7) is 1.95. The first-order valence-corrected chi connectivity index (χ1v) is 8.41. The first-order chi connectivity index (χ1) is 11.2. The van der Waals surface area contributed by atoms with Gasteiger partial charge in [0.1, 0.15) is 0 Å². The molecule has 0 aliphatic heterocycles. The van der Waals surface area contributed by atoms with Crippen molar-refractivity contribution in [2.24, 2.45) is 0 Å². The van der Waals surface area contributed by atoms with E-state index in [-0.39, 0.29) is 11.9 Å². The number of aromatic nitrogens is 4. The van der Waals surface area contributed by atoms with Crippen molar-refractivity contribution < 1.29 is 4.79 Å². The predicted octanol–water partition coefficient (Wildman–Crippen LogP) is 3.00. The molecule has 0 spiro atoms. The van der Waals surface area contributed by atoms with Crippen molar-refractivity contribution in [2.45, 2.75) is 51.1 Å². The maximum Gasteiger partial charge on any atom is 0.247 e. The lowest BCUT2D eigenvalue weighted by molar-refractivity contribution is -0.125. The number of hydrogen-bond donors (Lipinski definition) is 1. The van der Waals surface area contributed by atoms with E-state index >= 15 is 0 Å². The minimum Gasteiger partial charge on any atom is -0.351 e. The third-order valence-electron chi connectivity index (χ3n) is 4.20. The maximum atomic E-state index is 12.5. The van der Waals surface area contributed by atoms with Gasteiger partial charge in [-0.1, -0.05) is 31.4 Å². The predicted molar refractivity (Wildman–Crippen MR) is 88.0 cm³/mol. The van der Waals surface area contributed by atoms with E-state index in [2.05, 4.69) is 20.7 Å². The van der Waals surface area contributed by atoms with Crippen LogP contribution in [0.1, 0.15) is 45.1 Å². The molecule has 0 radical (unpaired) electrons. The topological polar surface area (TPSA) is 72.7 Å². The summed E-state index contributed by atoms with van der Waals surface area (Å²) in [7, 11) is 0. The number of halogens is 1. The van der Waals surface area contributed by atoms with E-state index < -0.39 is 6.04 Å². The lowest BCUT2D eigenvalue weighted by atomic mass is 10.2.